The molecule has 3 aromatic carbocycles. The fraction of sp³-hybridized carbons (Fsp3) is 0.241. The van der Waals surface area contributed by atoms with E-state index in [0.29, 0.717) is 43.5 Å². The van der Waals surface area contributed by atoms with Crippen LogP contribution < -0.4 is 28.4 Å². The molecule has 4 rings (SSSR count). The Kier molecular flexibility index (Phi) is 11.5. The van der Waals surface area contributed by atoms with Gasteiger partial charge >= 0.3 is 5.97 Å². The van der Waals surface area contributed by atoms with Gasteiger partial charge in [-0.15, -0.1) is 10.2 Å². The number of nitrogens with zero attached hydrogens (tertiary/aromatic N) is 5. The van der Waals surface area contributed by atoms with Crippen LogP contribution in [-0.2, 0) is 4.84 Å². The minimum absolute atomic E-state index is 0.0604. The predicted octanol–water partition coefficient (Wildman–Crippen LogP) is 5.43. The van der Waals surface area contributed by atoms with Crippen LogP contribution >= 0.6 is 23.1 Å². The summed E-state index contributed by atoms with van der Waals surface area (Å²) < 4.78 is 33.1. The molecule has 0 fully saturated rings. The highest BCUT2D eigenvalue weighted by Crippen LogP contribution is 2.43. The first kappa shape index (κ1) is 35.2. The van der Waals surface area contributed by atoms with Crippen molar-refractivity contribution in [3.63, 3.8) is 0 Å². The number of oxime groups is 1. The normalized spacial score (nSPS) is 11.0. The molecule has 0 aliphatic carbocycles. The van der Waals surface area contributed by atoms with Crippen molar-refractivity contribution in [1.82, 2.24) is 10.2 Å². The summed E-state index contributed by atoms with van der Waals surface area (Å²) in [6.07, 6.45) is 0. The molecule has 1 aromatic heterocycles. The molecule has 17 nitrogen and oxygen atoms in total. The number of aromatic nitrogens is 2. The standard InChI is InChI=1S/C29H27N5O12S2/c1-40-21-9-15(10-22(41-2)25(21)44-5)20(32-46-28(35)17-7-18(33(36)37)13-19(8-17)34(38)39)14-47-29-31-30-27(48-29)16-11-23(42-3)26(45-6)24(12-16)43-4/h7-13H,14H2,1-6H3/b32-20+. The zero-order valence-corrected chi connectivity index (χ0v) is 27.8. The van der Waals surface area contributed by atoms with Crippen LogP contribution in [0.4, 0.5) is 11.4 Å². The SMILES string of the molecule is COc1cc(/C(CSc2nnc(-c3cc(OC)c(OC)c(OC)c3)s2)=N/OC(=O)c2cc([N+](=O)[O-])cc([N+](=O)[O-])c2)cc(OC)c1OC. The topological polar surface area (TPSA) is 206 Å². The maximum atomic E-state index is 13.0. The van der Waals surface area contributed by atoms with Gasteiger partial charge in [0.1, 0.15) is 5.01 Å². The largest absolute Gasteiger partial charge is 0.493 e. The van der Waals surface area contributed by atoms with Crippen molar-refractivity contribution < 1.29 is 47.9 Å². The molecule has 0 aliphatic rings. The van der Waals surface area contributed by atoms with Gasteiger partial charge in [0.05, 0.1) is 69.8 Å². The average molecular weight is 702 g/mol. The second kappa shape index (κ2) is 15.7. The second-order valence-corrected chi connectivity index (χ2v) is 11.4. The Morgan fingerprint density at radius 2 is 1.23 bits per heavy atom. The van der Waals surface area contributed by atoms with Gasteiger partial charge in [0.15, 0.2) is 27.3 Å². The first-order valence-electron chi connectivity index (χ1n) is 13.4. The maximum absolute atomic E-state index is 13.0. The lowest BCUT2D eigenvalue weighted by atomic mass is 10.1. The highest BCUT2D eigenvalue weighted by atomic mass is 32.2. The van der Waals surface area contributed by atoms with Crippen LogP contribution in [0.1, 0.15) is 15.9 Å². The molecule has 1 heterocycles. The molecule has 0 radical (unpaired) electrons. The van der Waals surface area contributed by atoms with Gasteiger partial charge in [-0.05, 0) is 24.3 Å². The quantitative estimate of drug-likeness (QED) is 0.0498. The summed E-state index contributed by atoms with van der Waals surface area (Å²) in [6, 6.07) is 9.05. The molecule has 19 heteroatoms. The fourth-order valence-electron chi connectivity index (χ4n) is 4.20. The summed E-state index contributed by atoms with van der Waals surface area (Å²) in [6.45, 7) is 0. The van der Waals surface area contributed by atoms with Crippen molar-refractivity contribution in [2.45, 2.75) is 4.34 Å². The van der Waals surface area contributed by atoms with E-state index < -0.39 is 32.8 Å². The number of thioether (sulfide) groups is 1. The van der Waals surface area contributed by atoms with E-state index in [2.05, 4.69) is 15.4 Å². The summed E-state index contributed by atoms with van der Waals surface area (Å²) in [5, 5.41) is 35.8. The fourth-order valence-corrected chi connectivity index (χ4v) is 5.99. The lowest BCUT2D eigenvalue weighted by molar-refractivity contribution is -0.394. The van der Waals surface area contributed by atoms with Gasteiger partial charge in [0.25, 0.3) is 11.4 Å². The number of ether oxygens (including phenoxy) is 6. The van der Waals surface area contributed by atoms with Gasteiger partial charge in [-0.3, -0.25) is 20.2 Å². The molecule has 0 spiro atoms. The summed E-state index contributed by atoms with van der Waals surface area (Å²) in [5.74, 6) is 1.05. The molecule has 252 valence electrons. The number of carbonyl (C=O) groups is 1. The molecule has 0 amide bonds. The molecule has 4 aromatic rings. The van der Waals surface area contributed by atoms with E-state index in [-0.39, 0.29) is 23.0 Å². The van der Waals surface area contributed by atoms with Crippen LogP contribution in [-0.4, -0.2) is 80.1 Å². The Labute approximate surface area is 280 Å². The van der Waals surface area contributed by atoms with E-state index in [0.717, 1.165) is 18.2 Å². The lowest BCUT2D eigenvalue weighted by Crippen LogP contribution is -2.10. The Morgan fingerprint density at radius 3 is 1.69 bits per heavy atom. The monoisotopic (exact) mass is 701 g/mol. The van der Waals surface area contributed by atoms with Gasteiger partial charge in [0.2, 0.25) is 11.5 Å². The van der Waals surface area contributed by atoms with E-state index in [1.54, 1.807) is 24.3 Å². The molecule has 48 heavy (non-hydrogen) atoms. The van der Waals surface area contributed by atoms with Crippen molar-refractivity contribution in [3.8, 4) is 45.1 Å². The van der Waals surface area contributed by atoms with Gasteiger partial charge in [-0.25, -0.2) is 4.79 Å². The molecule has 0 N–H and O–H groups in total. The van der Waals surface area contributed by atoms with Crippen molar-refractivity contribution >= 4 is 46.2 Å². The third-order valence-corrected chi connectivity index (χ3v) is 8.56. The van der Waals surface area contributed by atoms with Gasteiger partial charge in [0, 0.05) is 29.0 Å². The summed E-state index contributed by atoms with van der Waals surface area (Å²) in [7, 11) is 8.78. The van der Waals surface area contributed by atoms with Crippen LogP contribution in [0.25, 0.3) is 10.6 Å². The number of non-ortho nitro benzene ring substituents is 2. The third kappa shape index (κ3) is 7.81. The van der Waals surface area contributed by atoms with Crippen molar-refractivity contribution in [2.75, 3.05) is 48.4 Å². The van der Waals surface area contributed by atoms with Gasteiger partial charge in [-0.1, -0.05) is 28.3 Å². The van der Waals surface area contributed by atoms with Gasteiger partial charge < -0.3 is 33.3 Å². The smallest absolute Gasteiger partial charge is 0.366 e. The van der Waals surface area contributed by atoms with Crippen molar-refractivity contribution in [2.24, 2.45) is 5.16 Å². The number of benzene rings is 3. The molecular formula is C29H27N5O12S2. The second-order valence-electron chi connectivity index (χ2n) is 9.16. The van der Waals surface area contributed by atoms with E-state index in [4.69, 9.17) is 33.3 Å². The Morgan fingerprint density at radius 1 is 0.729 bits per heavy atom. The first-order valence-corrected chi connectivity index (χ1v) is 15.2. The Hall–Kier alpha value is -5.69. The molecule has 0 saturated carbocycles. The molecule has 0 unspecified atom stereocenters. The number of carbonyl (C=O) groups excluding carboxylic acids is 1. The van der Waals surface area contributed by atoms with E-state index in [1.165, 1.54) is 65.8 Å². The van der Waals surface area contributed by atoms with E-state index in [1.807, 2.05) is 0 Å². The van der Waals surface area contributed by atoms with E-state index in [9.17, 15) is 25.0 Å². The lowest BCUT2D eigenvalue weighted by Gasteiger charge is -2.14. The van der Waals surface area contributed by atoms with Gasteiger partial charge in [-0.2, -0.15) is 0 Å². The summed E-state index contributed by atoms with van der Waals surface area (Å²) >= 11 is 2.46. The number of hydrogen-bond acceptors (Lipinski definition) is 17. The first-order chi connectivity index (χ1) is 23.1. The minimum Gasteiger partial charge on any atom is -0.493 e. The van der Waals surface area contributed by atoms with E-state index >= 15 is 0 Å². The van der Waals surface area contributed by atoms with Crippen molar-refractivity contribution in [1.29, 1.82) is 0 Å². The molecular weight excluding hydrogens is 674 g/mol. The van der Waals surface area contributed by atoms with Crippen LogP contribution in [0.15, 0.2) is 52.0 Å². The highest BCUT2D eigenvalue weighted by Gasteiger charge is 2.23. The molecule has 0 bridgehead atoms. The summed E-state index contributed by atoms with van der Waals surface area (Å²) in [4.78, 5) is 39.0. The minimum atomic E-state index is -1.17. The van der Waals surface area contributed by atoms with Crippen LogP contribution in [0.2, 0.25) is 0 Å². The van der Waals surface area contributed by atoms with Crippen LogP contribution in [0, 0.1) is 20.2 Å². The Balaban J connectivity index is 1.69. The average Bonchev–Trinajstić information content (AvgIpc) is 3.58. The summed E-state index contributed by atoms with van der Waals surface area (Å²) in [5.41, 5.74) is -0.552. The predicted molar refractivity (Wildman–Crippen MR) is 174 cm³/mol. The zero-order valence-electron chi connectivity index (χ0n) is 26.2. The number of nitro groups is 2. The number of hydrogen-bond donors (Lipinski definition) is 0. The number of nitro benzene ring substituents is 2. The molecule has 0 saturated heterocycles. The van der Waals surface area contributed by atoms with Crippen molar-refractivity contribution in [3.05, 3.63) is 73.8 Å². The van der Waals surface area contributed by atoms with Crippen LogP contribution in [0.3, 0.4) is 0 Å². The molecule has 0 atom stereocenters. The molecule has 0 aliphatic heterocycles. The number of methoxy groups -OCH3 is 6. The number of rotatable bonds is 15. The highest BCUT2D eigenvalue weighted by molar-refractivity contribution is 8.01. The Bertz CT molecular complexity index is 1800. The maximum Gasteiger partial charge on any atom is 0.366 e. The third-order valence-electron chi connectivity index (χ3n) is 6.45. The zero-order chi connectivity index (χ0) is 35.0. The van der Waals surface area contributed by atoms with Crippen LogP contribution in [0.5, 0.6) is 34.5 Å².